The number of nitrogens with one attached hydrogen (secondary N) is 2. The monoisotopic (exact) mass is 575 g/mol. The highest BCUT2D eigenvalue weighted by molar-refractivity contribution is 5.88. The van der Waals surface area contributed by atoms with E-state index >= 15 is 0 Å². The van der Waals surface area contributed by atoms with Gasteiger partial charge in [-0.15, -0.1) is 0 Å². The van der Waals surface area contributed by atoms with Crippen LogP contribution in [0.25, 0.3) is 28.0 Å². The van der Waals surface area contributed by atoms with E-state index < -0.39 is 17.5 Å². The van der Waals surface area contributed by atoms with Gasteiger partial charge in [-0.25, -0.2) is 24.0 Å². The minimum Gasteiger partial charge on any atom is -0.354 e. The molecule has 5 aromatic rings. The first-order valence-electron chi connectivity index (χ1n) is 13.6. The molecule has 214 valence electrons. The molecule has 0 bridgehead atoms. The van der Waals surface area contributed by atoms with Crippen molar-refractivity contribution < 1.29 is 17.6 Å². The zero-order valence-corrected chi connectivity index (χ0v) is 22.2. The predicted molar refractivity (Wildman–Crippen MR) is 147 cm³/mol. The van der Waals surface area contributed by atoms with Gasteiger partial charge in [-0.3, -0.25) is 4.98 Å². The molecule has 42 heavy (non-hydrogen) atoms. The molecule has 0 spiro atoms. The summed E-state index contributed by atoms with van der Waals surface area (Å²) < 4.78 is 58.1. The smallest absolute Gasteiger partial charge is 0.354 e. The average Bonchev–Trinajstić information content (AvgIpc) is 3.90. The van der Waals surface area contributed by atoms with Gasteiger partial charge in [-0.05, 0) is 73.9 Å². The van der Waals surface area contributed by atoms with E-state index in [2.05, 4.69) is 40.7 Å². The van der Waals surface area contributed by atoms with Crippen LogP contribution in [0.3, 0.4) is 0 Å². The van der Waals surface area contributed by atoms with E-state index in [0.29, 0.717) is 41.4 Å². The van der Waals surface area contributed by atoms with Crippen molar-refractivity contribution in [2.75, 3.05) is 10.6 Å². The third kappa shape index (κ3) is 5.21. The number of benzene rings is 1. The van der Waals surface area contributed by atoms with Crippen molar-refractivity contribution in [3.8, 4) is 16.9 Å². The Morgan fingerprint density at radius 2 is 1.81 bits per heavy atom. The first-order valence-corrected chi connectivity index (χ1v) is 13.6. The molecule has 4 aromatic heterocycles. The van der Waals surface area contributed by atoms with E-state index in [-0.39, 0.29) is 30.1 Å². The van der Waals surface area contributed by atoms with Gasteiger partial charge < -0.3 is 10.6 Å². The van der Waals surface area contributed by atoms with Crippen LogP contribution in [0.2, 0.25) is 0 Å². The number of hydrogen-bond acceptors (Lipinski definition) is 8. The van der Waals surface area contributed by atoms with E-state index in [4.69, 9.17) is 0 Å². The molecule has 2 aliphatic rings. The number of halogens is 4. The Hall–Kier alpha value is -4.68. The Labute approximate surface area is 237 Å². The largest absolute Gasteiger partial charge is 0.411 e. The summed E-state index contributed by atoms with van der Waals surface area (Å²) in [7, 11) is 0. The Morgan fingerprint density at radius 1 is 1.00 bits per heavy atom. The molecule has 1 aromatic carbocycles. The van der Waals surface area contributed by atoms with Gasteiger partial charge in [0.2, 0.25) is 5.95 Å². The number of aromatic nitrogens is 7. The number of hydrogen-bond donors (Lipinski definition) is 2. The summed E-state index contributed by atoms with van der Waals surface area (Å²) in [6, 6.07) is 12.2. The van der Waals surface area contributed by atoms with Crippen LogP contribution in [-0.2, 0) is 13.0 Å². The van der Waals surface area contributed by atoms with E-state index in [1.165, 1.54) is 12.4 Å². The third-order valence-corrected chi connectivity index (χ3v) is 7.65. The van der Waals surface area contributed by atoms with Crippen LogP contribution in [0.5, 0.6) is 0 Å². The van der Waals surface area contributed by atoms with Crippen molar-refractivity contribution in [1.29, 1.82) is 0 Å². The topological polar surface area (TPSA) is 106 Å². The van der Waals surface area contributed by atoms with Gasteiger partial charge in [-0.2, -0.15) is 23.3 Å². The number of rotatable bonds is 9. The van der Waals surface area contributed by atoms with Crippen LogP contribution >= 0.6 is 0 Å². The maximum absolute atomic E-state index is 14.8. The Morgan fingerprint density at radius 3 is 2.48 bits per heavy atom. The second-order valence-electron chi connectivity index (χ2n) is 10.8. The van der Waals surface area contributed by atoms with Crippen LogP contribution in [0, 0.1) is 11.7 Å². The molecule has 2 saturated carbocycles. The van der Waals surface area contributed by atoms with Gasteiger partial charge in [0.15, 0.2) is 5.82 Å². The molecule has 2 N–H and O–H groups in total. The molecule has 9 nitrogen and oxygen atoms in total. The SMILES string of the molecule is Fc1cc(-c2ccc3nc(NCc4ccc(-n5cncn5)cc4)nc(NC4(C(F)(F)F)CC4)c3n2)cnc1CC1CC1. The van der Waals surface area contributed by atoms with Crippen molar-refractivity contribution in [3.63, 3.8) is 0 Å². The van der Waals surface area contributed by atoms with Crippen molar-refractivity contribution >= 4 is 22.8 Å². The van der Waals surface area contributed by atoms with Gasteiger partial charge in [0.05, 0.1) is 22.6 Å². The summed E-state index contributed by atoms with van der Waals surface area (Å²) >= 11 is 0. The average molecular weight is 576 g/mol. The Kier molecular flexibility index (Phi) is 6.24. The molecule has 0 saturated heterocycles. The Balaban J connectivity index is 1.19. The quantitative estimate of drug-likeness (QED) is 0.210. The third-order valence-electron chi connectivity index (χ3n) is 7.65. The summed E-state index contributed by atoms with van der Waals surface area (Å²) in [6.07, 6.45) is 2.74. The first-order chi connectivity index (χ1) is 20.3. The highest BCUT2D eigenvalue weighted by Gasteiger charge is 2.64. The summed E-state index contributed by atoms with van der Waals surface area (Å²) in [5.41, 5.74) is 1.37. The van der Waals surface area contributed by atoms with Crippen LogP contribution in [0.4, 0.5) is 29.3 Å². The van der Waals surface area contributed by atoms with E-state index in [9.17, 15) is 17.6 Å². The minimum absolute atomic E-state index is 0.0421. The summed E-state index contributed by atoms with van der Waals surface area (Å²) in [4.78, 5) is 21.7. The van der Waals surface area contributed by atoms with Crippen LogP contribution in [0.15, 0.2) is 61.3 Å². The maximum Gasteiger partial charge on any atom is 0.411 e. The zero-order valence-electron chi connectivity index (χ0n) is 22.2. The van der Waals surface area contributed by atoms with Gasteiger partial charge in [0, 0.05) is 18.3 Å². The van der Waals surface area contributed by atoms with Gasteiger partial charge >= 0.3 is 6.18 Å². The van der Waals surface area contributed by atoms with Crippen molar-refractivity contribution in [2.45, 2.75) is 50.4 Å². The number of nitrogens with zero attached hydrogens (tertiary/aromatic N) is 7. The van der Waals surface area contributed by atoms with Crippen LogP contribution in [-0.4, -0.2) is 46.4 Å². The second-order valence-corrected chi connectivity index (χ2v) is 10.8. The molecule has 0 radical (unpaired) electrons. The number of pyridine rings is 2. The lowest BCUT2D eigenvalue weighted by Gasteiger charge is -2.22. The fraction of sp³-hybridized carbons (Fsp3) is 0.310. The van der Waals surface area contributed by atoms with Crippen molar-refractivity contribution in [2.24, 2.45) is 5.92 Å². The summed E-state index contributed by atoms with van der Waals surface area (Å²) in [5.74, 6) is 0.167. The van der Waals surface area contributed by atoms with Gasteiger partial charge in [-0.1, -0.05) is 12.1 Å². The van der Waals surface area contributed by atoms with E-state index in [0.717, 1.165) is 24.1 Å². The molecular weight excluding hydrogens is 550 g/mol. The molecule has 0 atom stereocenters. The van der Waals surface area contributed by atoms with Crippen molar-refractivity contribution in [3.05, 3.63) is 78.4 Å². The maximum atomic E-state index is 14.8. The fourth-order valence-corrected chi connectivity index (χ4v) is 4.81. The van der Waals surface area contributed by atoms with Crippen molar-refractivity contribution in [1.82, 2.24) is 34.7 Å². The highest BCUT2D eigenvalue weighted by Crippen LogP contribution is 2.51. The lowest BCUT2D eigenvalue weighted by molar-refractivity contribution is -0.151. The standard InChI is InChI=1S/C29H25F4N9/c30-21-12-19(14-35-24(21)11-17-1-2-17)22-7-8-23-25(38-22)26(41-28(9-10-28)29(31,32)33)40-27(39-23)36-13-18-3-5-20(6-4-18)42-16-34-15-37-42/h3-8,12,14-17H,1-2,9-11,13H2,(H2,36,39,40,41). The lowest BCUT2D eigenvalue weighted by Crippen LogP contribution is -2.39. The summed E-state index contributed by atoms with van der Waals surface area (Å²) in [6.45, 7) is 0.330. The second kappa shape index (κ2) is 10.00. The minimum atomic E-state index is -4.47. The highest BCUT2D eigenvalue weighted by atomic mass is 19.4. The first kappa shape index (κ1) is 26.2. The van der Waals surface area contributed by atoms with Crippen LogP contribution < -0.4 is 10.6 Å². The fourth-order valence-electron chi connectivity index (χ4n) is 4.81. The molecule has 13 heteroatoms. The predicted octanol–water partition coefficient (Wildman–Crippen LogP) is 5.88. The molecule has 0 unspecified atom stereocenters. The molecule has 4 heterocycles. The molecule has 0 amide bonds. The molecule has 0 aliphatic heterocycles. The van der Waals surface area contributed by atoms with E-state index in [1.807, 2.05) is 24.3 Å². The van der Waals surface area contributed by atoms with E-state index in [1.54, 1.807) is 29.3 Å². The molecule has 2 aliphatic carbocycles. The molecule has 7 rings (SSSR count). The molecule has 2 fully saturated rings. The Bertz CT molecular complexity index is 1750. The van der Waals surface area contributed by atoms with Gasteiger partial charge in [0.25, 0.3) is 0 Å². The number of alkyl halides is 3. The lowest BCUT2D eigenvalue weighted by atomic mass is 10.1. The zero-order chi connectivity index (χ0) is 28.9. The summed E-state index contributed by atoms with van der Waals surface area (Å²) in [5, 5.41) is 9.83. The van der Waals surface area contributed by atoms with Crippen LogP contribution in [0.1, 0.15) is 36.9 Å². The normalized spacial score (nSPS) is 16.0. The number of anilines is 2. The number of fused-ring (bicyclic) bond motifs is 1. The van der Waals surface area contributed by atoms with Gasteiger partial charge in [0.1, 0.15) is 29.5 Å². The molecular formula is C29H25F4N9.